The highest BCUT2D eigenvalue weighted by atomic mass is 32.1. The van der Waals surface area contributed by atoms with Crippen molar-refractivity contribution < 1.29 is 4.79 Å². The Balaban J connectivity index is 1.46. The molecular weight excluding hydrogens is 358 g/mol. The Bertz CT molecular complexity index is 1020. The van der Waals surface area contributed by atoms with Crippen molar-refractivity contribution in [1.29, 1.82) is 0 Å². The highest BCUT2D eigenvalue weighted by Gasteiger charge is 2.23. The van der Waals surface area contributed by atoms with Crippen LogP contribution < -0.4 is 10.9 Å². The second-order valence-electron chi connectivity index (χ2n) is 7.30. The summed E-state index contributed by atoms with van der Waals surface area (Å²) in [6.07, 6.45) is 5.34. The van der Waals surface area contributed by atoms with E-state index in [2.05, 4.69) is 17.2 Å². The van der Waals surface area contributed by atoms with Gasteiger partial charge in [0.2, 0.25) is 5.91 Å². The van der Waals surface area contributed by atoms with Gasteiger partial charge in [-0.2, -0.15) is 0 Å². The van der Waals surface area contributed by atoms with E-state index >= 15 is 0 Å². The average molecular weight is 382 g/mol. The van der Waals surface area contributed by atoms with Crippen molar-refractivity contribution in [3.63, 3.8) is 0 Å². The van der Waals surface area contributed by atoms with Crippen LogP contribution in [0.4, 0.5) is 0 Å². The van der Waals surface area contributed by atoms with Gasteiger partial charge in [0.25, 0.3) is 5.56 Å². The Morgan fingerprint density at radius 2 is 2.15 bits per heavy atom. The number of carbonyl (C=O) groups excluding carboxylic acids is 1. The minimum Gasteiger partial charge on any atom is -0.354 e. The van der Waals surface area contributed by atoms with Crippen molar-refractivity contribution in [3.05, 3.63) is 63.0 Å². The molecule has 0 unspecified atom stereocenters. The predicted octanol–water partition coefficient (Wildman–Crippen LogP) is 2.94. The average Bonchev–Trinajstić information content (AvgIpc) is 3.03. The summed E-state index contributed by atoms with van der Waals surface area (Å²) in [7, 11) is 0. The number of aromatic nitrogens is 2. The zero-order chi connectivity index (χ0) is 18.8. The molecule has 2 heterocycles. The summed E-state index contributed by atoms with van der Waals surface area (Å²) in [5, 5.41) is 3.62. The Hall–Kier alpha value is -2.47. The van der Waals surface area contributed by atoms with Gasteiger partial charge in [-0.1, -0.05) is 37.3 Å². The van der Waals surface area contributed by atoms with Crippen molar-refractivity contribution in [1.82, 2.24) is 14.9 Å². The summed E-state index contributed by atoms with van der Waals surface area (Å²) in [5.74, 6) is 0.495. The molecule has 0 spiro atoms. The molecule has 27 heavy (non-hydrogen) atoms. The van der Waals surface area contributed by atoms with E-state index in [-0.39, 0.29) is 18.0 Å². The van der Waals surface area contributed by atoms with Crippen LogP contribution in [0, 0.1) is 5.92 Å². The number of rotatable bonds is 5. The van der Waals surface area contributed by atoms with Crippen molar-refractivity contribution in [2.45, 2.75) is 39.2 Å². The molecule has 3 aromatic rings. The minimum atomic E-state index is -0.160. The zero-order valence-corrected chi connectivity index (χ0v) is 16.2. The van der Waals surface area contributed by atoms with Crippen LogP contribution in [-0.2, 0) is 30.6 Å². The van der Waals surface area contributed by atoms with E-state index in [0.717, 1.165) is 41.5 Å². The van der Waals surface area contributed by atoms with E-state index in [1.165, 1.54) is 21.3 Å². The number of hydrogen-bond acceptors (Lipinski definition) is 4. The first-order valence-electron chi connectivity index (χ1n) is 9.42. The highest BCUT2D eigenvalue weighted by Crippen LogP contribution is 2.35. The maximum Gasteiger partial charge on any atom is 0.262 e. The summed E-state index contributed by atoms with van der Waals surface area (Å²) >= 11 is 1.63. The van der Waals surface area contributed by atoms with Crippen LogP contribution in [0.1, 0.15) is 29.3 Å². The van der Waals surface area contributed by atoms with Crippen molar-refractivity contribution in [2.75, 3.05) is 6.54 Å². The number of hydrogen-bond donors (Lipinski definition) is 1. The topological polar surface area (TPSA) is 64.0 Å². The van der Waals surface area contributed by atoms with E-state index in [1.807, 2.05) is 30.3 Å². The van der Waals surface area contributed by atoms with Gasteiger partial charge in [-0.05, 0) is 42.7 Å². The van der Waals surface area contributed by atoms with E-state index in [0.29, 0.717) is 12.5 Å². The fourth-order valence-corrected chi connectivity index (χ4v) is 5.02. The quantitative estimate of drug-likeness (QED) is 0.739. The third kappa shape index (κ3) is 3.81. The van der Waals surface area contributed by atoms with Crippen LogP contribution in [0.25, 0.3) is 10.2 Å². The van der Waals surface area contributed by atoms with Gasteiger partial charge in [0.15, 0.2) is 0 Å². The molecule has 4 rings (SSSR count). The van der Waals surface area contributed by atoms with E-state index < -0.39 is 0 Å². The van der Waals surface area contributed by atoms with Crippen LogP contribution in [0.5, 0.6) is 0 Å². The first-order valence-corrected chi connectivity index (χ1v) is 10.2. The standard InChI is InChI=1S/C21H23N3O2S/c1-14-7-8-16-17(11-14)27-20-19(16)21(26)24(13-23-20)12-18(25)22-10-9-15-5-3-2-4-6-15/h2-6,13-14H,7-12H2,1H3,(H,22,25)/t14-/m0/s1. The summed E-state index contributed by atoms with van der Waals surface area (Å²) in [5.41, 5.74) is 2.24. The zero-order valence-electron chi connectivity index (χ0n) is 15.4. The lowest BCUT2D eigenvalue weighted by atomic mass is 9.89. The third-order valence-corrected chi connectivity index (χ3v) is 6.34. The Morgan fingerprint density at radius 1 is 1.33 bits per heavy atom. The fraction of sp³-hybridized carbons (Fsp3) is 0.381. The van der Waals surface area contributed by atoms with Gasteiger partial charge in [0.1, 0.15) is 11.4 Å². The van der Waals surface area contributed by atoms with Gasteiger partial charge in [0, 0.05) is 11.4 Å². The molecule has 0 fully saturated rings. The molecule has 0 bridgehead atoms. The van der Waals surface area contributed by atoms with Crippen molar-refractivity contribution in [3.8, 4) is 0 Å². The van der Waals surface area contributed by atoms with E-state index in [1.54, 1.807) is 11.3 Å². The Morgan fingerprint density at radius 3 is 2.96 bits per heavy atom. The Labute approximate surface area is 162 Å². The number of aryl methyl sites for hydroxylation is 1. The number of fused-ring (bicyclic) bond motifs is 3. The van der Waals surface area contributed by atoms with Crippen LogP contribution >= 0.6 is 11.3 Å². The van der Waals surface area contributed by atoms with Crippen LogP contribution in [0.3, 0.4) is 0 Å². The fourth-order valence-electron chi connectivity index (χ4n) is 3.68. The summed E-state index contributed by atoms with van der Waals surface area (Å²) in [6, 6.07) is 10.0. The number of nitrogens with zero attached hydrogens (tertiary/aromatic N) is 2. The van der Waals surface area contributed by atoms with Gasteiger partial charge < -0.3 is 5.32 Å². The third-order valence-electron chi connectivity index (χ3n) is 5.17. The van der Waals surface area contributed by atoms with E-state index in [9.17, 15) is 9.59 Å². The maximum atomic E-state index is 12.9. The molecule has 1 N–H and O–H groups in total. The molecule has 1 atom stereocenters. The second-order valence-corrected chi connectivity index (χ2v) is 8.38. The van der Waals surface area contributed by atoms with E-state index in [4.69, 9.17) is 0 Å². The largest absolute Gasteiger partial charge is 0.354 e. The molecule has 1 aliphatic carbocycles. The van der Waals surface area contributed by atoms with Gasteiger partial charge in [-0.25, -0.2) is 4.98 Å². The van der Waals surface area contributed by atoms with Crippen LogP contribution in [0.15, 0.2) is 41.5 Å². The molecule has 1 aromatic carbocycles. The monoisotopic (exact) mass is 381 g/mol. The first kappa shape index (κ1) is 17.9. The number of carbonyl (C=O) groups is 1. The molecule has 0 saturated carbocycles. The molecule has 1 amide bonds. The lowest BCUT2D eigenvalue weighted by Gasteiger charge is -2.17. The van der Waals surface area contributed by atoms with Crippen molar-refractivity contribution in [2.24, 2.45) is 5.92 Å². The van der Waals surface area contributed by atoms with Gasteiger partial charge >= 0.3 is 0 Å². The smallest absolute Gasteiger partial charge is 0.262 e. The predicted molar refractivity (Wildman–Crippen MR) is 108 cm³/mol. The minimum absolute atomic E-state index is 0.0115. The summed E-state index contributed by atoms with van der Waals surface area (Å²) < 4.78 is 1.44. The van der Waals surface area contributed by atoms with Crippen LogP contribution in [0.2, 0.25) is 0 Å². The normalized spacial score (nSPS) is 16.3. The molecule has 140 valence electrons. The molecule has 0 radical (unpaired) electrons. The van der Waals surface area contributed by atoms with Crippen molar-refractivity contribution >= 4 is 27.5 Å². The number of thiophene rings is 1. The molecule has 6 heteroatoms. The summed E-state index contributed by atoms with van der Waals surface area (Å²) in [4.78, 5) is 31.7. The molecule has 0 aliphatic heterocycles. The molecule has 5 nitrogen and oxygen atoms in total. The van der Waals surface area contributed by atoms with Gasteiger partial charge in [-0.15, -0.1) is 11.3 Å². The van der Waals surface area contributed by atoms with Crippen LogP contribution in [-0.4, -0.2) is 22.0 Å². The number of benzene rings is 1. The number of amides is 1. The lowest BCUT2D eigenvalue weighted by Crippen LogP contribution is -2.33. The highest BCUT2D eigenvalue weighted by molar-refractivity contribution is 7.18. The molecular formula is C21H23N3O2S. The Kier molecular flexibility index (Phi) is 5.07. The molecule has 1 aliphatic rings. The lowest BCUT2D eigenvalue weighted by molar-refractivity contribution is -0.121. The SMILES string of the molecule is C[C@H]1CCc2c(sc3ncn(CC(=O)NCCc4ccccc4)c(=O)c23)C1. The second kappa shape index (κ2) is 7.64. The molecule has 2 aromatic heterocycles. The van der Waals surface area contributed by atoms with Gasteiger partial charge in [-0.3, -0.25) is 14.2 Å². The van der Waals surface area contributed by atoms with Gasteiger partial charge in [0.05, 0.1) is 11.7 Å². The number of nitrogens with one attached hydrogen (secondary N) is 1. The summed E-state index contributed by atoms with van der Waals surface area (Å²) in [6.45, 7) is 2.81. The maximum absolute atomic E-state index is 12.9. The molecule has 0 saturated heterocycles. The first-order chi connectivity index (χ1) is 13.1.